The van der Waals surface area contributed by atoms with Crippen LogP contribution in [0.2, 0.25) is 0 Å². The minimum Gasteiger partial charge on any atom is -0.377 e. The SMILES string of the molecule is CS(=O)(=O)OCCOCCOCCOCCNC(=O)CCCCC1SC[C@@H]2NC(=O)NC12. The maximum atomic E-state index is 11.9. The van der Waals surface area contributed by atoms with Gasteiger partial charge in [-0.1, -0.05) is 6.42 Å². The van der Waals surface area contributed by atoms with Crippen molar-refractivity contribution in [2.24, 2.45) is 0 Å². The Hall–Kier alpha value is -1.12. The van der Waals surface area contributed by atoms with Crippen molar-refractivity contribution in [2.75, 3.05) is 64.8 Å². The van der Waals surface area contributed by atoms with Crippen LogP contribution in [0, 0.1) is 0 Å². The fourth-order valence-corrected chi connectivity index (χ4v) is 5.33. The topological polar surface area (TPSA) is 141 Å². The zero-order valence-corrected chi connectivity index (χ0v) is 20.1. The second kappa shape index (κ2) is 14.9. The van der Waals surface area contributed by atoms with Crippen LogP contribution >= 0.6 is 11.8 Å². The number of amides is 3. The Labute approximate surface area is 194 Å². The van der Waals surface area contributed by atoms with E-state index in [0.717, 1.165) is 31.3 Å². The van der Waals surface area contributed by atoms with Crippen molar-refractivity contribution in [3.8, 4) is 0 Å². The van der Waals surface area contributed by atoms with Crippen molar-refractivity contribution >= 4 is 33.8 Å². The van der Waals surface area contributed by atoms with Crippen LogP contribution in [0.4, 0.5) is 4.79 Å². The molecule has 2 rings (SSSR count). The number of unbranched alkanes of at least 4 members (excludes halogenated alkanes) is 1. The summed E-state index contributed by atoms with van der Waals surface area (Å²) in [5.41, 5.74) is 0. The van der Waals surface area contributed by atoms with Crippen molar-refractivity contribution in [3.63, 3.8) is 0 Å². The molecule has 0 aromatic rings. The lowest BCUT2D eigenvalue weighted by Gasteiger charge is -2.16. The predicted octanol–water partition coefficient (Wildman–Crippen LogP) is -0.146. The fourth-order valence-electron chi connectivity index (χ4n) is 3.41. The van der Waals surface area contributed by atoms with Crippen LogP contribution in [0.15, 0.2) is 0 Å². The molecule has 0 bridgehead atoms. The lowest BCUT2D eigenvalue weighted by atomic mass is 10.0. The zero-order valence-electron chi connectivity index (χ0n) is 18.5. The molecular formula is C19H35N3O8S2. The van der Waals surface area contributed by atoms with Gasteiger partial charge in [-0.3, -0.25) is 8.98 Å². The van der Waals surface area contributed by atoms with E-state index in [0.29, 0.717) is 51.2 Å². The van der Waals surface area contributed by atoms with Crippen LogP contribution in [0.25, 0.3) is 0 Å². The Morgan fingerprint density at radius 3 is 2.38 bits per heavy atom. The van der Waals surface area contributed by atoms with E-state index < -0.39 is 10.1 Å². The molecule has 186 valence electrons. The predicted molar refractivity (Wildman–Crippen MR) is 120 cm³/mol. The number of rotatable bonds is 18. The van der Waals surface area contributed by atoms with E-state index >= 15 is 0 Å². The third-order valence-electron chi connectivity index (χ3n) is 4.92. The molecule has 32 heavy (non-hydrogen) atoms. The lowest BCUT2D eigenvalue weighted by Crippen LogP contribution is -2.36. The number of hydrogen-bond acceptors (Lipinski definition) is 9. The van der Waals surface area contributed by atoms with Crippen molar-refractivity contribution < 1.29 is 36.4 Å². The number of carbonyl (C=O) groups is 2. The highest BCUT2D eigenvalue weighted by molar-refractivity contribution is 8.00. The summed E-state index contributed by atoms with van der Waals surface area (Å²) in [5, 5.41) is 9.19. The number of urea groups is 1. The van der Waals surface area contributed by atoms with Gasteiger partial charge in [-0.15, -0.1) is 0 Å². The summed E-state index contributed by atoms with van der Waals surface area (Å²) in [6.07, 6.45) is 4.29. The van der Waals surface area contributed by atoms with Crippen molar-refractivity contribution in [3.05, 3.63) is 0 Å². The molecule has 2 unspecified atom stereocenters. The highest BCUT2D eigenvalue weighted by Gasteiger charge is 2.42. The molecule has 0 radical (unpaired) electrons. The smallest absolute Gasteiger partial charge is 0.315 e. The highest BCUT2D eigenvalue weighted by atomic mass is 32.2. The lowest BCUT2D eigenvalue weighted by molar-refractivity contribution is -0.121. The molecule has 3 amide bonds. The molecule has 2 aliphatic heterocycles. The van der Waals surface area contributed by atoms with Crippen LogP contribution < -0.4 is 16.0 Å². The molecule has 2 heterocycles. The largest absolute Gasteiger partial charge is 0.377 e. The first-order valence-electron chi connectivity index (χ1n) is 10.9. The van der Waals surface area contributed by atoms with Gasteiger partial charge in [-0.2, -0.15) is 20.2 Å². The monoisotopic (exact) mass is 497 g/mol. The van der Waals surface area contributed by atoms with Crippen LogP contribution in [-0.2, 0) is 33.3 Å². The first-order chi connectivity index (χ1) is 15.3. The van der Waals surface area contributed by atoms with Crippen LogP contribution in [-0.4, -0.2) is 102 Å². The van der Waals surface area contributed by atoms with Gasteiger partial charge in [0.05, 0.1) is 64.6 Å². The number of ether oxygens (including phenoxy) is 3. The van der Waals surface area contributed by atoms with Crippen LogP contribution in [0.5, 0.6) is 0 Å². The number of nitrogens with one attached hydrogen (secondary N) is 3. The summed E-state index contributed by atoms with van der Waals surface area (Å²) in [4.78, 5) is 23.3. The molecule has 0 aliphatic carbocycles. The van der Waals surface area contributed by atoms with Gasteiger partial charge in [0, 0.05) is 24.0 Å². The first kappa shape index (κ1) is 27.1. The molecule has 2 saturated heterocycles. The van der Waals surface area contributed by atoms with Gasteiger partial charge < -0.3 is 30.2 Å². The highest BCUT2D eigenvalue weighted by Crippen LogP contribution is 2.33. The number of thioether (sulfide) groups is 1. The van der Waals surface area contributed by atoms with Gasteiger partial charge in [-0.25, -0.2) is 4.79 Å². The summed E-state index contributed by atoms with van der Waals surface area (Å²) in [6, 6.07) is 0.395. The van der Waals surface area contributed by atoms with E-state index in [1.807, 2.05) is 11.8 Å². The van der Waals surface area contributed by atoms with Gasteiger partial charge in [0.25, 0.3) is 10.1 Å². The van der Waals surface area contributed by atoms with Gasteiger partial charge in [0.15, 0.2) is 0 Å². The summed E-state index contributed by atoms with van der Waals surface area (Å²) >= 11 is 1.89. The Kier molecular flexibility index (Phi) is 12.6. The third kappa shape index (κ3) is 11.7. The number of hydrogen-bond donors (Lipinski definition) is 3. The van der Waals surface area contributed by atoms with Crippen LogP contribution in [0.1, 0.15) is 25.7 Å². The molecule has 13 heteroatoms. The Balaban J connectivity index is 1.31. The molecule has 11 nitrogen and oxygen atoms in total. The zero-order chi connectivity index (χ0) is 23.2. The van der Waals surface area contributed by atoms with Crippen molar-refractivity contribution in [2.45, 2.75) is 43.0 Å². The first-order valence-corrected chi connectivity index (χ1v) is 13.7. The van der Waals surface area contributed by atoms with E-state index in [9.17, 15) is 18.0 Å². The summed E-state index contributed by atoms with van der Waals surface area (Å²) in [5.74, 6) is 0.977. The average Bonchev–Trinajstić information content (AvgIpc) is 3.27. The second-order valence-electron chi connectivity index (χ2n) is 7.58. The van der Waals surface area contributed by atoms with E-state index in [-0.39, 0.29) is 37.2 Å². The molecular weight excluding hydrogens is 462 g/mol. The fraction of sp³-hybridized carbons (Fsp3) is 0.895. The summed E-state index contributed by atoms with van der Waals surface area (Å²) in [6.45, 7) is 2.60. The second-order valence-corrected chi connectivity index (χ2v) is 10.5. The quantitative estimate of drug-likeness (QED) is 0.134. The number of carbonyl (C=O) groups excluding carboxylic acids is 2. The Morgan fingerprint density at radius 2 is 1.69 bits per heavy atom. The Morgan fingerprint density at radius 1 is 1.03 bits per heavy atom. The molecule has 2 aliphatic rings. The van der Waals surface area contributed by atoms with Crippen molar-refractivity contribution in [1.29, 1.82) is 0 Å². The van der Waals surface area contributed by atoms with Gasteiger partial charge in [-0.05, 0) is 12.8 Å². The molecule has 0 aromatic heterocycles. The van der Waals surface area contributed by atoms with Crippen molar-refractivity contribution in [1.82, 2.24) is 16.0 Å². The normalized spacial score (nSPS) is 22.4. The third-order valence-corrected chi connectivity index (χ3v) is 7.02. The molecule has 3 atom stereocenters. The number of fused-ring (bicyclic) bond motifs is 1. The standard InChI is InChI=1S/C19H35N3O8S2/c1-32(25,26)30-13-12-29-11-10-28-9-8-27-7-6-20-17(23)5-3-2-4-16-18-15(14-31-16)21-19(24)22-18/h15-16,18H,2-14H2,1H3,(H,20,23)(H2,21,22,24)/t15-,16?,18?/m0/s1. The molecule has 3 N–H and O–H groups in total. The van der Waals surface area contributed by atoms with E-state index in [1.54, 1.807) is 0 Å². The molecule has 2 fully saturated rings. The van der Waals surface area contributed by atoms with E-state index in [2.05, 4.69) is 20.1 Å². The summed E-state index contributed by atoms with van der Waals surface area (Å²) < 4.78 is 41.9. The van der Waals surface area contributed by atoms with Gasteiger partial charge >= 0.3 is 6.03 Å². The molecule has 0 aromatic carbocycles. The minimum atomic E-state index is -3.42. The average molecular weight is 498 g/mol. The van der Waals surface area contributed by atoms with Gasteiger partial charge in [0.1, 0.15) is 0 Å². The van der Waals surface area contributed by atoms with Crippen LogP contribution in [0.3, 0.4) is 0 Å². The minimum absolute atomic E-state index is 0.00844. The maximum absolute atomic E-state index is 11.9. The molecule has 0 saturated carbocycles. The van der Waals surface area contributed by atoms with Gasteiger partial charge in [0.2, 0.25) is 5.91 Å². The van der Waals surface area contributed by atoms with E-state index in [4.69, 9.17) is 14.2 Å². The van der Waals surface area contributed by atoms with E-state index in [1.165, 1.54) is 0 Å². The summed E-state index contributed by atoms with van der Waals surface area (Å²) in [7, 11) is -3.42. The Bertz CT molecular complexity index is 679. The maximum Gasteiger partial charge on any atom is 0.315 e. The molecule has 0 spiro atoms.